The molecule has 0 aromatic heterocycles. The van der Waals surface area contributed by atoms with Crippen LogP contribution in [0.15, 0.2) is 188 Å². The fourth-order valence-electron chi connectivity index (χ4n) is 7.35. The summed E-state index contributed by atoms with van der Waals surface area (Å²) in [4.78, 5) is 1.66. The van der Waals surface area contributed by atoms with Gasteiger partial charge in [-0.15, -0.1) is 0 Å². The van der Waals surface area contributed by atoms with Crippen LogP contribution in [0.5, 0.6) is 11.5 Å². The van der Waals surface area contributed by atoms with E-state index < -0.39 is 141 Å². The molecule has 1 aliphatic heterocycles. The average Bonchev–Trinajstić information content (AvgIpc) is 3.45. The molecule has 0 spiro atoms. The Hall–Kier alpha value is -6.64. The zero-order valence-electron chi connectivity index (χ0n) is 43.6. The quantitative estimate of drug-likeness (QED) is 0.178. The van der Waals surface area contributed by atoms with Gasteiger partial charge in [0, 0.05) is 39.6 Å². The fraction of sp³-hybridized carbons (Fsp3) is 0.0588. The minimum atomic E-state index is -0.796. The molecule has 0 radical (unpaired) electrons. The van der Waals surface area contributed by atoms with Gasteiger partial charge >= 0.3 is 0 Å². The zero-order valence-corrected chi connectivity index (χ0v) is 28.6. The maximum Gasteiger partial charge on any atom is 0.137 e. The van der Waals surface area contributed by atoms with E-state index in [2.05, 4.69) is 26.0 Å². The summed E-state index contributed by atoms with van der Waals surface area (Å²) >= 11 is 0. The molecule has 0 atom stereocenters. The van der Waals surface area contributed by atoms with Crippen LogP contribution in [0.4, 0.5) is 17.1 Å². The van der Waals surface area contributed by atoms with E-state index in [1.807, 2.05) is 84.9 Å². The maximum absolute atomic E-state index is 10.1. The number of hydrogen-bond acceptors (Lipinski definition) is 2. The number of hydrogen-bond donors (Lipinski definition) is 0. The van der Waals surface area contributed by atoms with E-state index in [1.54, 1.807) is 4.90 Å². The van der Waals surface area contributed by atoms with Gasteiger partial charge in [-0.1, -0.05) is 147 Å². The largest absolute Gasteiger partial charge is 0.456 e. The molecule has 1 aliphatic carbocycles. The first-order valence-corrected chi connectivity index (χ1v) is 17.1. The summed E-state index contributed by atoms with van der Waals surface area (Å²) in [6, 6.07) is 20.3. The van der Waals surface area contributed by atoms with Crippen LogP contribution in [0.25, 0.3) is 55.6 Å². The van der Waals surface area contributed by atoms with Crippen molar-refractivity contribution in [3.8, 4) is 67.1 Å². The smallest absolute Gasteiger partial charge is 0.137 e. The van der Waals surface area contributed by atoms with Gasteiger partial charge < -0.3 is 9.64 Å². The van der Waals surface area contributed by atoms with E-state index >= 15 is 0 Å². The van der Waals surface area contributed by atoms with Crippen molar-refractivity contribution in [1.29, 1.82) is 0 Å². The van der Waals surface area contributed by atoms with E-state index in [-0.39, 0.29) is 5.69 Å². The van der Waals surface area contributed by atoms with Gasteiger partial charge in [-0.2, -0.15) is 0 Å². The van der Waals surface area contributed by atoms with Crippen LogP contribution in [0, 0.1) is 0 Å². The molecule has 8 aromatic rings. The van der Waals surface area contributed by atoms with Crippen LogP contribution in [0.3, 0.4) is 0 Å². The predicted molar refractivity (Wildman–Crippen MR) is 221 cm³/mol. The Balaban J connectivity index is 1.28. The molecule has 0 N–H and O–H groups in total. The SMILES string of the molecule is [2H]c1c([2H])c([2H])c(-c2c([2H])c([2H])c3c(c2[2H])-c2c([2H])c([2H])c([2H])c([2H])c2-c2c([2H])c([2H])c(N(c4ccc(-c5ccccc5)cc4)c4ccc5c(c4)C(C)(C)c4ccccc4-5)c([2H])c2O3)c([2H])c1[2H]. The number of ether oxygens (including phenoxy) is 1. The Kier molecular flexibility index (Phi) is 4.45. The lowest BCUT2D eigenvalue weighted by molar-refractivity contribution is 0.488. The Morgan fingerprint density at radius 1 is 0.434 bits per heavy atom. The molecule has 0 unspecified atom stereocenters. The Bertz CT molecular complexity index is 3490. The Morgan fingerprint density at radius 3 is 1.92 bits per heavy atom. The van der Waals surface area contributed by atoms with Gasteiger partial charge in [0.15, 0.2) is 0 Å². The summed E-state index contributed by atoms with van der Waals surface area (Å²) in [5.74, 6) is -1.10. The zero-order chi connectivity index (χ0) is 48.6. The molecule has 53 heavy (non-hydrogen) atoms. The summed E-state index contributed by atoms with van der Waals surface area (Å²) in [5, 5.41) is 0. The number of benzene rings is 8. The summed E-state index contributed by atoms with van der Waals surface area (Å²) in [6.07, 6.45) is 0. The molecule has 10 rings (SSSR count). The van der Waals surface area contributed by atoms with E-state index in [0.717, 1.165) is 33.4 Å². The lowest BCUT2D eigenvalue weighted by Gasteiger charge is -2.29. The van der Waals surface area contributed by atoms with Crippen LogP contribution in [-0.2, 0) is 5.41 Å². The minimum Gasteiger partial charge on any atom is -0.456 e. The van der Waals surface area contributed by atoms with Gasteiger partial charge in [-0.25, -0.2) is 0 Å². The van der Waals surface area contributed by atoms with Crippen molar-refractivity contribution in [2.24, 2.45) is 0 Å². The molecule has 2 aliphatic rings. The standard InChI is InChI=1S/C51H37NO/c1-51(2)47-20-12-11-19-43(47)44-28-26-39(32-48(44)51)52(38-24-21-36(22-25-38)34-13-5-3-6-14-34)40-27-29-45-41-17-9-10-18-42(41)46-31-37(35-15-7-4-8-16-35)23-30-49(46)53-50(45)33-40/h3-33H,1-2H3/i4D,7D,8D,9D,10D,15D,16D,17D,18D,23D,27D,29D,30D,31D,33D. The van der Waals surface area contributed by atoms with Gasteiger partial charge in [0.1, 0.15) is 11.5 Å². The van der Waals surface area contributed by atoms with Gasteiger partial charge in [-0.3, -0.25) is 0 Å². The highest BCUT2D eigenvalue weighted by Gasteiger charge is 2.36. The molecule has 8 aromatic carbocycles. The van der Waals surface area contributed by atoms with Crippen LogP contribution in [0.2, 0.25) is 0 Å². The van der Waals surface area contributed by atoms with Crippen molar-refractivity contribution in [3.05, 3.63) is 199 Å². The molecule has 0 amide bonds. The van der Waals surface area contributed by atoms with Crippen molar-refractivity contribution in [2.45, 2.75) is 19.3 Å². The second kappa shape index (κ2) is 12.3. The lowest BCUT2D eigenvalue weighted by atomic mass is 9.82. The summed E-state index contributed by atoms with van der Waals surface area (Å²) < 4.78 is 143. The second-order valence-electron chi connectivity index (χ2n) is 13.4. The highest BCUT2D eigenvalue weighted by molar-refractivity contribution is 5.94. The van der Waals surface area contributed by atoms with E-state index in [1.165, 1.54) is 0 Å². The number of nitrogens with zero attached hydrogens (tertiary/aromatic N) is 1. The first-order valence-electron chi connectivity index (χ1n) is 24.6. The van der Waals surface area contributed by atoms with E-state index in [4.69, 9.17) is 14.3 Å². The normalized spacial score (nSPS) is 17.0. The third-order valence-electron chi connectivity index (χ3n) is 9.97. The van der Waals surface area contributed by atoms with Crippen LogP contribution in [-0.4, -0.2) is 0 Å². The first-order chi connectivity index (χ1) is 32.3. The molecule has 2 nitrogen and oxygen atoms in total. The highest BCUT2D eigenvalue weighted by atomic mass is 16.5. The third kappa shape index (κ3) is 5.18. The molecular formula is C51H37NO. The molecule has 0 saturated heterocycles. The highest BCUT2D eigenvalue weighted by Crippen LogP contribution is 2.52. The van der Waals surface area contributed by atoms with Crippen molar-refractivity contribution in [1.82, 2.24) is 0 Å². The maximum atomic E-state index is 10.1. The van der Waals surface area contributed by atoms with Gasteiger partial charge in [0.25, 0.3) is 0 Å². The van der Waals surface area contributed by atoms with Gasteiger partial charge in [0.2, 0.25) is 0 Å². The van der Waals surface area contributed by atoms with Crippen molar-refractivity contribution >= 4 is 17.1 Å². The molecule has 252 valence electrons. The number of anilines is 3. The van der Waals surface area contributed by atoms with Crippen LogP contribution < -0.4 is 9.64 Å². The van der Waals surface area contributed by atoms with Crippen LogP contribution in [0.1, 0.15) is 45.5 Å². The fourth-order valence-corrected chi connectivity index (χ4v) is 7.35. The second-order valence-corrected chi connectivity index (χ2v) is 13.4. The molecule has 0 fully saturated rings. The summed E-state index contributed by atoms with van der Waals surface area (Å²) in [5.41, 5.74) is 3.42. The number of fused-ring (bicyclic) bond motifs is 8. The Morgan fingerprint density at radius 2 is 1.11 bits per heavy atom. The molecule has 2 heteroatoms. The van der Waals surface area contributed by atoms with Gasteiger partial charge in [-0.05, 0) is 104 Å². The summed E-state index contributed by atoms with van der Waals surface area (Å²) in [6.45, 7) is 4.23. The third-order valence-corrected chi connectivity index (χ3v) is 9.97. The number of rotatable bonds is 5. The molecule has 1 heterocycles. The van der Waals surface area contributed by atoms with Gasteiger partial charge in [0.05, 0.1) is 20.6 Å². The first kappa shape index (κ1) is 19.3. The molecule has 0 bridgehead atoms. The Labute approximate surface area is 332 Å². The van der Waals surface area contributed by atoms with E-state index in [9.17, 15) is 11.0 Å². The van der Waals surface area contributed by atoms with Crippen molar-refractivity contribution < 1.29 is 25.3 Å². The topological polar surface area (TPSA) is 12.5 Å². The van der Waals surface area contributed by atoms with Crippen LogP contribution >= 0.6 is 0 Å². The monoisotopic (exact) mass is 694 g/mol. The van der Waals surface area contributed by atoms with E-state index in [0.29, 0.717) is 11.4 Å². The predicted octanol–water partition coefficient (Wildman–Crippen LogP) is 14.2. The lowest BCUT2D eigenvalue weighted by Crippen LogP contribution is -2.16. The molecule has 0 saturated carbocycles. The summed E-state index contributed by atoms with van der Waals surface area (Å²) in [7, 11) is 0. The molecular weight excluding hydrogens is 643 g/mol. The minimum absolute atomic E-state index is 0.153. The average molecular weight is 695 g/mol. The van der Waals surface area contributed by atoms with Crippen molar-refractivity contribution in [3.63, 3.8) is 0 Å². The van der Waals surface area contributed by atoms with Crippen molar-refractivity contribution in [2.75, 3.05) is 4.90 Å².